The molecule has 1 aromatic rings. The molecule has 29 heavy (non-hydrogen) atoms. The summed E-state index contributed by atoms with van der Waals surface area (Å²) in [5.41, 5.74) is 6.66. The lowest BCUT2D eigenvalue weighted by atomic mass is 9.95. The second kappa shape index (κ2) is 9.06. The van der Waals surface area contributed by atoms with Gasteiger partial charge in [0.1, 0.15) is 21.5 Å². The minimum atomic E-state index is -0.922. The first kappa shape index (κ1) is 21.5. The molecule has 0 saturated heterocycles. The number of allylic oxidation sites excluding steroid dienone is 2. The molecule has 2 N–H and O–H groups in total. The SMILES string of the molecule is CON(C)C(=O)N1N=C(c2cc(F)ccc2F)S[C@@]1(CCCN)C1=CCCC=C1. The minimum Gasteiger partial charge on any atom is -0.330 e. The van der Waals surface area contributed by atoms with Crippen LogP contribution in [0.3, 0.4) is 0 Å². The molecule has 1 atom stereocenters. The summed E-state index contributed by atoms with van der Waals surface area (Å²) >= 11 is 1.24. The van der Waals surface area contributed by atoms with Crippen LogP contribution >= 0.6 is 11.8 Å². The molecular formula is C20H24F2N4O2S. The fourth-order valence-corrected chi connectivity index (χ4v) is 4.73. The first-order valence-corrected chi connectivity index (χ1v) is 10.2. The van der Waals surface area contributed by atoms with Crippen molar-refractivity contribution in [1.29, 1.82) is 0 Å². The fraction of sp³-hybridized carbons (Fsp3) is 0.400. The van der Waals surface area contributed by atoms with E-state index in [4.69, 9.17) is 10.6 Å². The number of hydroxylamine groups is 2. The summed E-state index contributed by atoms with van der Waals surface area (Å²) in [6.07, 6.45) is 8.88. The van der Waals surface area contributed by atoms with Crippen molar-refractivity contribution in [2.75, 3.05) is 20.7 Å². The molecule has 0 unspecified atom stereocenters. The van der Waals surface area contributed by atoms with Crippen LogP contribution in [-0.4, -0.2) is 46.7 Å². The number of nitrogens with two attached hydrogens (primary N) is 1. The van der Waals surface area contributed by atoms with Crippen LogP contribution in [-0.2, 0) is 4.84 Å². The molecule has 6 nitrogen and oxygen atoms in total. The van der Waals surface area contributed by atoms with Crippen LogP contribution < -0.4 is 5.73 Å². The van der Waals surface area contributed by atoms with Gasteiger partial charge >= 0.3 is 6.03 Å². The largest absolute Gasteiger partial charge is 0.365 e. The average Bonchev–Trinajstić information content (AvgIpc) is 3.14. The molecule has 0 bridgehead atoms. The Morgan fingerprint density at radius 2 is 2.21 bits per heavy atom. The Balaban J connectivity index is 2.12. The molecule has 0 fully saturated rings. The molecule has 2 aliphatic rings. The van der Waals surface area contributed by atoms with E-state index in [2.05, 4.69) is 11.2 Å². The summed E-state index contributed by atoms with van der Waals surface area (Å²) in [6.45, 7) is 0.422. The Kier molecular flexibility index (Phi) is 6.71. The van der Waals surface area contributed by atoms with Crippen molar-refractivity contribution in [2.45, 2.75) is 30.6 Å². The first-order chi connectivity index (χ1) is 13.9. The number of carbonyl (C=O) groups is 1. The second-order valence-corrected chi connectivity index (χ2v) is 7.99. The Morgan fingerprint density at radius 1 is 1.41 bits per heavy atom. The number of hydrazone groups is 1. The van der Waals surface area contributed by atoms with Crippen LogP contribution in [0.4, 0.5) is 13.6 Å². The maximum absolute atomic E-state index is 14.5. The highest BCUT2D eigenvalue weighted by molar-refractivity contribution is 8.16. The molecule has 0 radical (unpaired) electrons. The number of thioether (sulfide) groups is 1. The number of halogens is 2. The highest BCUT2D eigenvalue weighted by atomic mass is 32.2. The molecule has 1 aromatic carbocycles. The van der Waals surface area contributed by atoms with Gasteiger partial charge in [0.25, 0.3) is 0 Å². The molecular weight excluding hydrogens is 398 g/mol. The third-order valence-electron chi connectivity index (χ3n) is 4.85. The first-order valence-electron chi connectivity index (χ1n) is 9.35. The van der Waals surface area contributed by atoms with Crippen LogP contribution in [0.5, 0.6) is 0 Å². The van der Waals surface area contributed by atoms with Crippen molar-refractivity contribution in [3.05, 3.63) is 59.2 Å². The van der Waals surface area contributed by atoms with Gasteiger partial charge in [-0.15, -0.1) is 0 Å². The van der Waals surface area contributed by atoms with Gasteiger partial charge in [-0.2, -0.15) is 10.1 Å². The van der Waals surface area contributed by atoms with E-state index in [9.17, 15) is 13.6 Å². The molecule has 1 aliphatic heterocycles. The van der Waals surface area contributed by atoms with Gasteiger partial charge in [-0.1, -0.05) is 30.0 Å². The molecule has 2 amide bonds. The van der Waals surface area contributed by atoms with Gasteiger partial charge in [-0.3, -0.25) is 4.84 Å². The number of carbonyl (C=O) groups excluding carboxylic acids is 1. The van der Waals surface area contributed by atoms with E-state index < -0.39 is 22.5 Å². The fourth-order valence-electron chi connectivity index (χ4n) is 3.30. The molecule has 0 spiro atoms. The van der Waals surface area contributed by atoms with E-state index >= 15 is 0 Å². The number of urea groups is 1. The number of benzene rings is 1. The van der Waals surface area contributed by atoms with E-state index in [-0.39, 0.29) is 10.6 Å². The maximum Gasteiger partial charge on any atom is 0.365 e. The number of amides is 2. The summed E-state index contributed by atoms with van der Waals surface area (Å²) in [6, 6.07) is 2.69. The van der Waals surface area contributed by atoms with Crippen LogP contribution in [0.15, 0.2) is 47.1 Å². The second-order valence-electron chi connectivity index (χ2n) is 6.72. The predicted octanol–water partition coefficient (Wildman–Crippen LogP) is 4.00. The van der Waals surface area contributed by atoms with Crippen molar-refractivity contribution in [2.24, 2.45) is 10.8 Å². The molecule has 3 rings (SSSR count). The highest BCUT2D eigenvalue weighted by Gasteiger charge is 2.50. The summed E-state index contributed by atoms with van der Waals surface area (Å²) in [7, 11) is 2.85. The molecule has 0 aromatic heterocycles. The topological polar surface area (TPSA) is 71.2 Å². The van der Waals surface area contributed by atoms with Gasteiger partial charge in [0.15, 0.2) is 0 Å². The van der Waals surface area contributed by atoms with Crippen LogP contribution in [0.1, 0.15) is 31.2 Å². The Hall–Kier alpha value is -2.23. The van der Waals surface area contributed by atoms with Crippen molar-refractivity contribution in [3.8, 4) is 0 Å². The smallest absolute Gasteiger partial charge is 0.330 e. The molecule has 1 heterocycles. The summed E-state index contributed by atoms with van der Waals surface area (Å²) < 4.78 is 28.3. The van der Waals surface area contributed by atoms with Crippen LogP contribution in [0, 0.1) is 11.6 Å². The predicted molar refractivity (Wildman–Crippen MR) is 110 cm³/mol. The number of hydrogen-bond acceptors (Lipinski definition) is 5. The van der Waals surface area contributed by atoms with E-state index in [0.29, 0.717) is 19.4 Å². The van der Waals surface area contributed by atoms with Crippen molar-refractivity contribution >= 4 is 22.8 Å². The van der Waals surface area contributed by atoms with Gasteiger partial charge < -0.3 is 5.73 Å². The lowest BCUT2D eigenvalue weighted by Gasteiger charge is -2.38. The van der Waals surface area contributed by atoms with E-state index in [1.165, 1.54) is 30.9 Å². The quantitative estimate of drug-likeness (QED) is 0.704. The van der Waals surface area contributed by atoms with Gasteiger partial charge in [-0.05, 0) is 56.0 Å². The zero-order valence-electron chi connectivity index (χ0n) is 16.4. The van der Waals surface area contributed by atoms with Gasteiger partial charge in [-0.25, -0.2) is 18.6 Å². The molecule has 156 valence electrons. The number of nitrogens with zero attached hydrogens (tertiary/aromatic N) is 3. The lowest BCUT2D eigenvalue weighted by molar-refractivity contribution is -0.0789. The number of rotatable bonds is 6. The Morgan fingerprint density at radius 3 is 2.86 bits per heavy atom. The van der Waals surface area contributed by atoms with Crippen molar-refractivity contribution in [3.63, 3.8) is 0 Å². The van der Waals surface area contributed by atoms with Gasteiger partial charge in [0, 0.05) is 12.6 Å². The van der Waals surface area contributed by atoms with E-state index in [1.807, 2.05) is 12.2 Å². The summed E-state index contributed by atoms with van der Waals surface area (Å²) in [5, 5.41) is 7.02. The normalized spacial score (nSPS) is 21.2. The minimum absolute atomic E-state index is 0.0166. The number of hydrogen-bond donors (Lipinski definition) is 1. The summed E-state index contributed by atoms with van der Waals surface area (Å²) in [5.74, 6) is -1.18. The van der Waals surface area contributed by atoms with Crippen molar-refractivity contribution < 1.29 is 18.4 Å². The van der Waals surface area contributed by atoms with Crippen LogP contribution in [0.25, 0.3) is 0 Å². The van der Waals surface area contributed by atoms with E-state index in [0.717, 1.165) is 41.7 Å². The average molecular weight is 423 g/mol. The standard InChI is InChI=1S/C20H24F2N4O2S/c1-25(28-2)19(27)26-20(11-6-12-23,14-7-4-3-5-8-14)29-18(24-26)16-13-15(21)9-10-17(16)22/h4,7-10,13H,3,5-6,11-12,23H2,1-2H3/t20-/m0/s1. The lowest BCUT2D eigenvalue weighted by Crippen LogP contribution is -2.49. The third kappa shape index (κ3) is 4.22. The van der Waals surface area contributed by atoms with Gasteiger partial charge in [0.05, 0.1) is 7.11 Å². The zero-order chi connectivity index (χ0) is 21.0. The molecule has 0 saturated carbocycles. The van der Waals surface area contributed by atoms with Gasteiger partial charge in [0.2, 0.25) is 0 Å². The maximum atomic E-state index is 14.5. The zero-order valence-corrected chi connectivity index (χ0v) is 17.2. The highest BCUT2D eigenvalue weighted by Crippen LogP contribution is 2.49. The monoisotopic (exact) mass is 422 g/mol. The van der Waals surface area contributed by atoms with Crippen molar-refractivity contribution in [1.82, 2.24) is 10.1 Å². The van der Waals surface area contributed by atoms with E-state index in [1.54, 1.807) is 0 Å². The Labute approximate surface area is 173 Å². The summed E-state index contributed by atoms with van der Waals surface area (Å²) in [4.78, 5) is 17.2. The van der Waals surface area contributed by atoms with Crippen LogP contribution in [0.2, 0.25) is 0 Å². The third-order valence-corrected chi connectivity index (χ3v) is 6.29. The molecule has 9 heteroatoms. The Bertz CT molecular complexity index is 874. The molecule has 1 aliphatic carbocycles.